The summed E-state index contributed by atoms with van der Waals surface area (Å²) in [5, 5.41) is 12.3. The van der Waals surface area contributed by atoms with Crippen molar-refractivity contribution in [1.29, 1.82) is 5.26 Å². The highest BCUT2D eigenvalue weighted by Crippen LogP contribution is 2.31. The highest BCUT2D eigenvalue weighted by molar-refractivity contribution is 7.11. The number of thiazole rings is 1. The van der Waals surface area contributed by atoms with Crippen LogP contribution in [-0.4, -0.2) is 18.2 Å². The lowest BCUT2D eigenvalue weighted by Gasteiger charge is -2.12. The van der Waals surface area contributed by atoms with Crippen LogP contribution in [0.4, 0.5) is 0 Å². The fourth-order valence-corrected chi connectivity index (χ4v) is 3.46. The third-order valence-electron chi connectivity index (χ3n) is 3.96. The maximum atomic E-state index is 9.66. The molecular formula is C23H22N2O2S. The van der Waals surface area contributed by atoms with E-state index < -0.39 is 0 Å². The lowest BCUT2D eigenvalue weighted by atomic mass is 10.1. The minimum absolute atomic E-state index is 0.525. The quantitative estimate of drug-likeness (QED) is 0.439. The molecule has 5 heteroatoms. The smallest absolute Gasteiger partial charge is 0.161 e. The Morgan fingerprint density at radius 1 is 1.11 bits per heavy atom. The summed E-state index contributed by atoms with van der Waals surface area (Å²) < 4.78 is 11.4. The third kappa shape index (κ3) is 4.79. The topological polar surface area (TPSA) is 55.1 Å². The summed E-state index contributed by atoms with van der Waals surface area (Å²) in [6.45, 7) is 5.19. The summed E-state index contributed by atoms with van der Waals surface area (Å²) in [6.07, 6.45) is 2.76. The van der Waals surface area contributed by atoms with E-state index in [9.17, 15) is 5.26 Å². The van der Waals surface area contributed by atoms with Crippen LogP contribution < -0.4 is 9.47 Å². The molecule has 142 valence electrons. The van der Waals surface area contributed by atoms with E-state index in [0.717, 1.165) is 29.0 Å². The molecule has 0 aliphatic rings. The van der Waals surface area contributed by atoms with Gasteiger partial charge in [0.05, 0.1) is 24.5 Å². The van der Waals surface area contributed by atoms with Crippen molar-refractivity contribution in [3.63, 3.8) is 0 Å². The van der Waals surface area contributed by atoms with Crippen molar-refractivity contribution in [3.05, 3.63) is 64.5 Å². The van der Waals surface area contributed by atoms with Gasteiger partial charge in [0.25, 0.3) is 0 Å². The highest BCUT2D eigenvalue weighted by Gasteiger charge is 2.11. The number of hydrogen-bond donors (Lipinski definition) is 0. The maximum absolute atomic E-state index is 9.66. The van der Waals surface area contributed by atoms with Gasteiger partial charge in [-0.2, -0.15) is 5.26 Å². The second-order valence-corrected chi connectivity index (χ2v) is 6.92. The Labute approximate surface area is 169 Å². The van der Waals surface area contributed by atoms with Gasteiger partial charge in [-0.1, -0.05) is 43.3 Å². The summed E-state index contributed by atoms with van der Waals surface area (Å²) in [5.41, 5.74) is 3.32. The lowest BCUT2D eigenvalue weighted by molar-refractivity contribution is 0.277. The normalized spacial score (nSPS) is 11.1. The van der Waals surface area contributed by atoms with E-state index in [0.29, 0.717) is 29.5 Å². The first kappa shape index (κ1) is 19.7. The molecule has 0 aliphatic heterocycles. The van der Waals surface area contributed by atoms with Crippen LogP contribution in [0.15, 0.2) is 53.9 Å². The lowest BCUT2D eigenvalue weighted by Crippen LogP contribution is -2.00. The number of aromatic nitrogens is 1. The van der Waals surface area contributed by atoms with Crippen molar-refractivity contribution >= 4 is 23.0 Å². The second kappa shape index (κ2) is 9.72. The molecule has 4 nitrogen and oxygen atoms in total. The number of nitrogens with zero attached hydrogens (tertiary/aromatic N) is 2. The first-order valence-corrected chi connectivity index (χ1v) is 10.2. The van der Waals surface area contributed by atoms with Crippen LogP contribution in [0.3, 0.4) is 0 Å². The standard InChI is InChI=1S/C23H22N2O2S/c1-3-12-27-21-11-10-17(14-22(21)26-4-2)13-19(15-24)23-25-20(16-28-23)18-8-6-5-7-9-18/h5-11,13-14,16H,3-4,12H2,1-2H3/b19-13-. The van der Waals surface area contributed by atoms with E-state index in [1.54, 1.807) is 0 Å². The van der Waals surface area contributed by atoms with Crippen molar-refractivity contribution in [1.82, 2.24) is 4.98 Å². The molecule has 0 radical (unpaired) electrons. The summed E-state index contributed by atoms with van der Waals surface area (Å²) in [5.74, 6) is 1.41. The Balaban J connectivity index is 1.89. The zero-order chi connectivity index (χ0) is 19.8. The summed E-state index contributed by atoms with van der Waals surface area (Å²) in [4.78, 5) is 4.64. The molecule has 0 unspecified atom stereocenters. The average molecular weight is 391 g/mol. The van der Waals surface area contributed by atoms with Gasteiger partial charge in [0, 0.05) is 10.9 Å². The van der Waals surface area contributed by atoms with E-state index in [2.05, 4.69) is 18.0 Å². The number of nitriles is 1. The Morgan fingerprint density at radius 3 is 2.64 bits per heavy atom. The van der Waals surface area contributed by atoms with E-state index in [1.807, 2.05) is 66.9 Å². The van der Waals surface area contributed by atoms with Crippen molar-refractivity contribution in [3.8, 4) is 28.8 Å². The summed E-state index contributed by atoms with van der Waals surface area (Å²) in [6, 6.07) is 17.9. The number of ether oxygens (including phenoxy) is 2. The molecule has 3 rings (SSSR count). The van der Waals surface area contributed by atoms with Crippen LogP contribution in [0.2, 0.25) is 0 Å². The number of hydrogen-bond acceptors (Lipinski definition) is 5. The maximum Gasteiger partial charge on any atom is 0.161 e. The number of rotatable bonds is 8. The van der Waals surface area contributed by atoms with Crippen LogP contribution in [0.5, 0.6) is 11.5 Å². The van der Waals surface area contributed by atoms with Gasteiger partial charge in [0.2, 0.25) is 0 Å². The predicted octanol–water partition coefficient (Wildman–Crippen LogP) is 6.06. The molecule has 0 amide bonds. The number of benzene rings is 2. The van der Waals surface area contributed by atoms with Gasteiger partial charge in [-0.15, -0.1) is 11.3 Å². The molecule has 28 heavy (non-hydrogen) atoms. The zero-order valence-electron chi connectivity index (χ0n) is 16.0. The first-order valence-electron chi connectivity index (χ1n) is 9.28. The Kier molecular flexibility index (Phi) is 6.83. The van der Waals surface area contributed by atoms with E-state index >= 15 is 0 Å². The van der Waals surface area contributed by atoms with Crippen LogP contribution in [0, 0.1) is 11.3 Å². The fraction of sp³-hybridized carbons (Fsp3) is 0.217. The van der Waals surface area contributed by atoms with E-state index in [-0.39, 0.29) is 0 Å². The molecule has 0 spiro atoms. The molecule has 0 atom stereocenters. The Morgan fingerprint density at radius 2 is 1.93 bits per heavy atom. The molecule has 0 bridgehead atoms. The second-order valence-electron chi connectivity index (χ2n) is 6.06. The zero-order valence-corrected chi connectivity index (χ0v) is 16.8. The average Bonchev–Trinajstić information content (AvgIpc) is 3.22. The van der Waals surface area contributed by atoms with Crippen LogP contribution >= 0.6 is 11.3 Å². The van der Waals surface area contributed by atoms with Crippen LogP contribution in [0.25, 0.3) is 22.9 Å². The highest BCUT2D eigenvalue weighted by atomic mass is 32.1. The van der Waals surface area contributed by atoms with Gasteiger partial charge in [0.15, 0.2) is 11.5 Å². The van der Waals surface area contributed by atoms with Gasteiger partial charge in [-0.05, 0) is 37.1 Å². The Hall–Kier alpha value is -3.10. The van der Waals surface area contributed by atoms with Crippen molar-refractivity contribution in [2.75, 3.05) is 13.2 Å². The van der Waals surface area contributed by atoms with Crippen molar-refractivity contribution in [2.45, 2.75) is 20.3 Å². The first-order chi connectivity index (χ1) is 13.7. The number of allylic oxidation sites excluding steroid dienone is 1. The molecule has 0 saturated heterocycles. The monoisotopic (exact) mass is 390 g/mol. The summed E-state index contributed by atoms with van der Waals surface area (Å²) in [7, 11) is 0. The van der Waals surface area contributed by atoms with Gasteiger partial charge < -0.3 is 9.47 Å². The molecule has 0 saturated carbocycles. The fourth-order valence-electron chi connectivity index (χ4n) is 2.66. The predicted molar refractivity (Wildman–Crippen MR) is 114 cm³/mol. The van der Waals surface area contributed by atoms with Gasteiger partial charge >= 0.3 is 0 Å². The van der Waals surface area contributed by atoms with E-state index in [4.69, 9.17) is 9.47 Å². The molecule has 2 aromatic carbocycles. The van der Waals surface area contributed by atoms with Crippen molar-refractivity contribution < 1.29 is 9.47 Å². The molecule has 0 N–H and O–H groups in total. The third-order valence-corrected chi connectivity index (χ3v) is 4.84. The van der Waals surface area contributed by atoms with Crippen molar-refractivity contribution in [2.24, 2.45) is 0 Å². The minimum atomic E-state index is 0.525. The summed E-state index contributed by atoms with van der Waals surface area (Å²) >= 11 is 1.47. The SMILES string of the molecule is CCCOc1ccc(/C=C(/C#N)c2nc(-c3ccccc3)cs2)cc1OCC. The molecule has 3 aromatic rings. The van der Waals surface area contributed by atoms with Crippen LogP contribution in [-0.2, 0) is 0 Å². The van der Waals surface area contributed by atoms with Crippen LogP contribution in [0.1, 0.15) is 30.8 Å². The molecule has 1 heterocycles. The molecular weight excluding hydrogens is 368 g/mol. The van der Waals surface area contributed by atoms with Gasteiger partial charge in [-0.25, -0.2) is 4.98 Å². The molecule has 0 aliphatic carbocycles. The minimum Gasteiger partial charge on any atom is -0.490 e. The molecule has 1 aromatic heterocycles. The van der Waals surface area contributed by atoms with E-state index in [1.165, 1.54) is 11.3 Å². The molecule has 0 fully saturated rings. The van der Waals surface area contributed by atoms with Gasteiger partial charge in [-0.3, -0.25) is 0 Å². The van der Waals surface area contributed by atoms with Gasteiger partial charge in [0.1, 0.15) is 11.1 Å². The Bertz CT molecular complexity index is 987. The largest absolute Gasteiger partial charge is 0.490 e.